The molecule has 2 heteroatoms. The van der Waals surface area contributed by atoms with E-state index in [-0.39, 0.29) is 0 Å². The lowest BCUT2D eigenvalue weighted by molar-refractivity contribution is 0.183. The van der Waals surface area contributed by atoms with Gasteiger partial charge in [-0.2, -0.15) is 0 Å². The van der Waals surface area contributed by atoms with Crippen molar-refractivity contribution >= 4 is 26.8 Å². The lowest BCUT2D eigenvalue weighted by Crippen LogP contribution is -2.28. The fourth-order valence-electron chi connectivity index (χ4n) is 3.36. The van der Waals surface area contributed by atoms with Gasteiger partial charge in [0.15, 0.2) is 0 Å². The molecule has 1 aliphatic rings. The Hall–Kier alpha value is -0.760. The van der Waals surface area contributed by atoms with E-state index in [0.29, 0.717) is 5.41 Å². The molecule has 0 spiro atoms. The summed E-state index contributed by atoms with van der Waals surface area (Å²) in [6.45, 7) is 7.17. The monoisotopic (exact) mass is 319 g/mol. The van der Waals surface area contributed by atoms with Crippen LogP contribution in [0, 0.1) is 11.3 Å². The van der Waals surface area contributed by atoms with Crippen LogP contribution in [0.1, 0.15) is 44.9 Å². The number of aromatic amines is 1. The van der Waals surface area contributed by atoms with E-state index in [1.165, 1.54) is 46.8 Å². The number of hydrogen-bond donors (Lipinski definition) is 1. The number of aryl methyl sites for hydroxylation is 1. The summed E-state index contributed by atoms with van der Waals surface area (Å²) in [4.78, 5) is 3.63. The number of hydrogen-bond acceptors (Lipinski definition) is 0. The van der Waals surface area contributed by atoms with Crippen LogP contribution in [0.4, 0.5) is 0 Å². The number of fused-ring (bicyclic) bond motifs is 3. The van der Waals surface area contributed by atoms with E-state index in [4.69, 9.17) is 0 Å². The quantitative estimate of drug-likeness (QED) is 0.755. The first-order valence-corrected chi connectivity index (χ1v) is 8.10. The topological polar surface area (TPSA) is 15.8 Å². The fourth-order valence-corrected chi connectivity index (χ4v) is 3.83. The summed E-state index contributed by atoms with van der Waals surface area (Å²) in [6.07, 6.45) is 5.01. The van der Waals surface area contributed by atoms with Crippen molar-refractivity contribution in [2.24, 2.45) is 11.3 Å². The molecule has 0 amide bonds. The van der Waals surface area contributed by atoms with E-state index in [0.717, 1.165) is 5.92 Å². The molecule has 19 heavy (non-hydrogen) atoms. The first kappa shape index (κ1) is 13.2. The molecule has 1 aromatic heterocycles. The highest BCUT2D eigenvalue weighted by Gasteiger charge is 2.32. The summed E-state index contributed by atoms with van der Waals surface area (Å²) in [6, 6.07) is 6.53. The molecule has 1 aliphatic carbocycles. The molecular weight excluding hydrogens is 298 g/mol. The van der Waals surface area contributed by atoms with Crippen LogP contribution < -0.4 is 0 Å². The van der Waals surface area contributed by atoms with Crippen molar-refractivity contribution in [1.29, 1.82) is 0 Å². The Morgan fingerprint density at radius 2 is 2.16 bits per heavy atom. The van der Waals surface area contributed by atoms with Crippen LogP contribution in [0.2, 0.25) is 0 Å². The summed E-state index contributed by atoms with van der Waals surface area (Å²) in [5.41, 5.74) is 4.76. The summed E-state index contributed by atoms with van der Waals surface area (Å²) in [5.74, 6) is 0.808. The average molecular weight is 320 g/mol. The largest absolute Gasteiger partial charge is 0.357 e. The zero-order valence-corrected chi connectivity index (χ0v) is 13.6. The standard InChI is InChI=1S/C17H22BrN/c1-4-17(2,3)11-8-9-15-13(10-11)12-6-5-7-14(18)16(12)19-15/h5-7,11,19H,4,8-10H2,1-3H3. The number of aromatic nitrogens is 1. The van der Waals surface area contributed by atoms with E-state index in [2.05, 4.69) is 59.9 Å². The highest BCUT2D eigenvalue weighted by molar-refractivity contribution is 9.10. The second-order valence-corrected chi connectivity index (χ2v) is 7.38. The van der Waals surface area contributed by atoms with Gasteiger partial charge >= 0.3 is 0 Å². The maximum atomic E-state index is 3.66. The van der Waals surface area contributed by atoms with Crippen LogP contribution in [-0.4, -0.2) is 4.98 Å². The average Bonchev–Trinajstić information content (AvgIpc) is 2.78. The third-order valence-electron chi connectivity index (χ3n) is 5.19. The van der Waals surface area contributed by atoms with Crippen molar-refractivity contribution in [3.8, 4) is 0 Å². The van der Waals surface area contributed by atoms with Crippen molar-refractivity contribution in [2.75, 3.05) is 0 Å². The third kappa shape index (κ3) is 2.14. The molecular formula is C17H22BrN. The van der Waals surface area contributed by atoms with Gasteiger partial charge in [0, 0.05) is 15.6 Å². The first-order valence-electron chi connectivity index (χ1n) is 7.31. The van der Waals surface area contributed by atoms with Gasteiger partial charge in [0.05, 0.1) is 5.52 Å². The minimum absolute atomic E-state index is 0.452. The van der Waals surface area contributed by atoms with Crippen molar-refractivity contribution in [3.05, 3.63) is 33.9 Å². The van der Waals surface area contributed by atoms with Crippen molar-refractivity contribution in [1.82, 2.24) is 4.98 Å². The van der Waals surface area contributed by atoms with Gasteiger partial charge in [0.2, 0.25) is 0 Å². The molecule has 0 aliphatic heterocycles. The van der Waals surface area contributed by atoms with Gasteiger partial charge in [-0.3, -0.25) is 0 Å². The molecule has 102 valence electrons. The Balaban J connectivity index is 2.05. The lowest BCUT2D eigenvalue weighted by Gasteiger charge is -2.36. The number of nitrogens with one attached hydrogen (secondary N) is 1. The van der Waals surface area contributed by atoms with Crippen LogP contribution in [-0.2, 0) is 12.8 Å². The first-order chi connectivity index (χ1) is 9.03. The SMILES string of the molecule is CCC(C)(C)C1CCc2[nH]c3c(Br)cccc3c2C1. The molecule has 0 radical (unpaired) electrons. The molecule has 0 saturated carbocycles. The number of H-pyrrole nitrogens is 1. The summed E-state index contributed by atoms with van der Waals surface area (Å²) in [5, 5.41) is 1.42. The zero-order chi connectivity index (χ0) is 13.6. The van der Waals surface area contributed by atoms with Gasteiger partial charge < -0.3 is 4.98 Å². The normalized spacial score (nSPS) is 19.7. The van der Waals surface area contributed by atoms with Crippen LogP contribution >= 0.6 is 15.9 Å². The maximum absolute atomic E-state index is 3.66. The summed E-state index contributed by atoms with van der Waals surface area (Å²) < 4.78 is 1.19. The van der Waals surface area contributed by atoms with E-state index >= 15 is 0 Å². The molecule has 1 atom stereocenters. The number of halogens is 1. The molecule has 1 nitrogen and oxygen atoms in total. The second kappa shape index (κ2) is 4.66. The van der Waals surface area contributed by atoms with Crippen LogP contribution in [0.15, 0.2) is 22.7 Å². The van der Waals surface area contributed by atoms with Gasteiger partial charge in [-0.15, -0.1) is 0 Å². The summed E-state index contributed by atoms with van der Waals surface area (Å²) >= 11 is 3.66. The molecule has 1 unspecified atom stereocenters. The van der Waals surface area contributed by atoms with Crippen molar-refractivity contribution in [3.63, 3.8) is 0 Å². The molecule has 2 aromatic rings. The molecule has 0 fully saturated rings. The van der Waals surface area contributed by atoms with Gasteiger partial charge in [0.25, 0.3) is 0 Å². The van der Waals surface area contributed by atoms with E-state index in [1.807, 2.05) is 0 Å². The van der Waals surface area contributed by atoms with Crippen LogP contribution in [0.25, 0.3) is 10.9 Å². The minimum Gasteiger partial charge on any atom is -0.357 e. The highest BCUT2D eigenvalue weighted by Crippen LogP contribution is 2.42. The molecule has 1 N–H and O–H groups in total. The predicted molar refractivity (Wildman–Crippen MR) is 85.6 cm³/mol. The van der Waals surface area contributed by atoms with E-state index in [1.54, 1.807) is 5.56 Å². The molecule has 3 rings (SSSR count). The van der Waals surface area contributed by atoms with Crippen molar-refractivity contribution < 1.29 is 0 Å². The molecule has 1 heterocycles. The van der Waals surface area contributed by atoms with Crippen LogP contribution in [0.5, 0.6) is 0 Å². The lowest BCUT2D eigenvalue weighted by atomic mass is 9.69. The number of para-hydroxylation sites is 1. The Kier molecular flexibility index (Phi) is 3.24. The van der Waals surface area contributed by atoms with Gasteiger partial charge in [-0.25, -0.2) is 0 Å². The Morgan fingerprint density at radius 3 is 2.89 bits per heavy atom. The van der Waals surface area contributed by atoms with Gasteiger partial charge in [0.1, 0.15) is 0 Å². The Morgan fingerprint density at radius 1 is 1.37 bits per heavy atom. The predicted octanol–water partition coefficient (Wildman–Crippen LogP) is 5.47. The molecule has 0 bridgehead atoms. The van der Waals surface area contributed by atoms with Crippen LogP contribution in [0.3, 0.4) is 0 Å². The third-order valence-corrected chi connectivity index (χ3v) is 5.85. The minimum atomic E-state index is 0.452. The maximum Gasteiger partial charge on any atom is 0.0603 e. The molecule has 1 aromatic carbocycles. The Labute approximate surface area is 123 Å². The van der Waals surface area contributed by atoms with E-state index < -0.39 is 0 Å². The number of benzene rings is 1. The van der Waals surface area contributed by atoms with Gasteiger partial charge in [-0.1, -0.05) is 39.3 Å². The smallest absolute Gasteiger partial charge is 0.0603 e. The summed E-state index contributed by atoms with van der Waals surface area (Å²) in [7, 11) is 0. The number of rotatable bonds is 2. The zero-order valence-electron chi connectivity index (χ0n) is 12.0. The Bertz CT molecular complexity index is 609. The van der Waals surface area contributed by atoms with Gasteiger partial charge in [-0.05, 0) is 58.2 Å². The highest BCUT2D eigenvalue weighted by atomic mass is 79.9. The fraction of sp³-hybridized carbons (Fsp3) is 0.529. The van der Waals surface area contributed by atoms with Crippen molar-refractivity contribution in [2.45, 2.75) is 46.5 Å². The van der Waals surface area contributed by atoms with E-state index in [9.17, 15) is 0 Å². The molecule has 0 saturated heterocycles. The second-order valence-electron chi connectivity index (χ2n) is 6.53.